The third-order valence-corrected chi connectivity index (χ3v) is 5.16. The average molecular weight is 428 g/mol. The van der Waals surface area contributed by atoms with Gasteiger partial charge in [0.15, 0.2) is 6.10 Å². The Balaban J connectivity index is 2.90. The minimum atomic E-state index is -5.77. The molecule has 0 aliphatic rings. The number of hydrogen-bond acceptors (Lipinski definition) is 6. The molecule has 0 saturated carbocycles. The molecule has 1 rings (SSSR count). The topological polar surface area (TPSA) is 107 Å². The van der Waals surface area contributed by atoms with Gasteiger partial charge in [-0.15, -0.1) is 0 Å². The van der Waals surface area contributed by atoms with Crippen LogP contribution in [0.1, 0.15) is 23.6 Å². The molecule has 29 heavy (non-hydrogen) atoms. The monoisotopic (exact) mass is 428 g/mol. The van der Waals surface area contributed by atoms with Gasteiger partial charge in [0.05, 0.1) is 0 Å². The van der Waals surface area contributed by atoms with E-state index in [9.17, 15) is 26.8 Å². The fourth-order valence-electron chi connectivity index (χ4n) is 2.45. The SMILES string of the molecule is BCc1cc(CB)c(OC(=O)/C=C\C(=O)OC(C)C(F)(F)S(=O)(=O)O)c(CB)c1. The summed E-state index contributed by atoms with van der Waals surface area (Å²) in [6, 6.07) is 3.83. The molecule has 0 aliphatic carbocycles. The Bertz CT molecular complexity index is 879. The molecule has 0 saturated heterocycles. The van der Waals surface area contributed by atoms with E-state index >= 15 is 0 Å². The molecule has 0 amide bonds. The lowest BCUT2D eigenvalue weighted by molar-refractivity contribution is -0.153. The summed E-state index contributed by atoms with van der Waals surface area (Å²) in [6.07, 6.45) is 0.788. The molecule has 13 heteroatoms. The minimum Gasteiger partial charge on any atom is -0.452 e. The van der Waals surface area contributed by atoms with Crippen LogP contribution in [0.4, 0.5) is 8.78 Å². The Morgan fingerprint density at radius 2 is 1.59 bits per heavy atom. The van der Waals surface area contributed by atoms with Crippen molar-refractivity contribution in [3.05, 3.63) is 41.0 Å². The predicted molar refractivity (Wildman–Crippen MR) is 110 cm³/mol. The molecular weight excluding hydrogens is 407 g/mol. The van der Waals surface area contributed by atoms with E-state index in [-0.39, 0.29) is 0 Å². The van der Waals surface area contributed by atoms with Crippen LogP contribution in [-0.4, -0.2) is 59.8 Å². The third-order valence-electron chi connectivity index (χ3n) is 4.14. The Kier molecular flexibility index (Phi) is 8.64. The van der Waals surface area contributed by atoms with Crippen molar-refractivity contribution in [2.24, 2.45) is 0 Å². The molecule has 0 fully saturated rings. The standard InChI is InChI=1S/C16H21B3F2O7S/c1-9(16(20,21)29(24,25)26)27-13(22)2-3-14(23)28-15-11(7-18)4-10(6-17)5-12(15)8-19/h2-5,9H,6-8,17-19H2,1H3,(H,24,25,26)/b3-2-. The van der Waals surface area contributed by atoms with Crippen molar-refractivity contribution < 1.29 is 40.8 Å². The largest absolute Gasteiger partial charge is 0.452 e. The number of benzene rings is 1. The number of carbonyl (C=O) groups is 2. The summed E-state index contributed by atoms with van der Waals surface area (Å²) in [5.41, 5.74) is 2.71. The Morgan fingerprint density at radius 1 is 1.10 bits per heavy atom. The number of rotatable bonds is 9. The van der Waals surface area contributed by atoms with E-state index in [4.69, 9.17) is 9.29 Å². The van der Waals surface area contributed by atoms with E-state index in [1.165, 1.54) is 0 Å². The van der Waals surface area contributed by atoms with Crippen LogP contribution in [0.3, 0.4) is 0 Å². The smallest absolute Gasteiger partial charge is 0.405 e. The summed E-state index contributed by atoms with van der Waals surface area (Å²) in [4.78, 5) is 23.6. The Labute approximate surface area is 170 Å². The Hall–Kier alpha value is -2.14. The molecular formula is C16H21B3F2O7S. The number of hydrogen-bond donors (Lipinski definition) is 1. The highest BCUT2D eigenvalue weighted by atomic mass is 32.2. The van der Waals surface area contributed by atoms with Crippen LogP contribution >= 0.6 is 0 Å². The first-order valence-electron chi connectivity index (χ1n) is 8.97. The lowest BCUT2D eigenvalue weighted by atomic mass is 9.85. The van der Waals surface area contributed by atoms with Gasteiger partial charge in [-0.2, -0.15) is 17.2 Å². The van der Waals surface area contributed by atoms with Crippen LogP contribution in [0.15, 0.2) is 24.3 Å². The molecule has 1 aromatic carbocycles. The van der Waals surface area contributed by atoms with Crippen molar-refractivity contribution in [1.29, 1.82) is 0 Å². The van der Waals surface area contributed by atoms with Crippen LogP contribution in [0.2, 0.25) is 0 Å². The molecule has 0 aliphatic heterocycles. The second kappa shape index (κ2) is 10.1. The van der Waals surface area contributed by atoms with Crippen LogP contribution in [0.25, 0.3) is 0 Å². The first-order chi connectivity index (χ1) is 13.4. The highest BCUT2D eigenvalue weighted by Gasteiger charge is 2.51. The zero-order valence-electron chi connectivity index (χ0n) is 16.6. The molecule has 1 N–H and O–H groups in total. The van der Waals surface area contributed by atoms with Crippen LogP contribution in [0, 0.1) is 0 Å². The fraction of sp³-hybridized carbons (Fsp3) is 0.375. The summed E-state index contributed by atoms with van der Waals surface area (Å²) in [5, 5.41) is -4.69. The van der Waals surface area contributed by atoms with Gasteiger partial charge in [-0.3, -0.25) is 4.55 Å². The second-order valence-electron chi connectivity index (χ2n) is 6.17. The number of halogens is 2. The maximum atomic E-state index is 13.4. The normalized spacial score (nSPS) is 13.2. The number of alkyl halides is 2. The first kappa shape index (κ1) is 24.9. The average Bonchev–Trinajstić information content (AvgIpc) is 2.65. The van der Waals surface area contributed by atoms with E-state index in [2.05, 4.69) is 4.74 Å². The summed E-state index contributed by atoms with van der Waals surface area (Å²) >= 11 is 0. The zero-order chi connectivity index (χ0) is 22.4. The van der Waals surface area contributed by atoms with Gasteiger partial charge in [-0.1, -0.05) is 36.7 Å². The molecule has 7 nitrogen and oxygen atoms in total. The van der Waals surface area contributed by atoms with Crippen LogP contribution in [-0.2, 0) is 43.4 Å². The van der Waals surface area contributed by atoms with Crippen LogP contribution in [0.5, 0.6) is 5.75 Å². The van der Waals surface area contributed by atoms with Crippen LogP contribution < -0.4 is 4.74 Å². The highest BCUT2D eigenvalue weighted by Crippen LogP contribution is 2.28. The molecule has 156 valence electrons. The third kappa shape index (κ3) is 6.43. The molecule has 0 heterocycles. The van der Waals surface area contributed by atoms with Gasteiger partial charge in [0.2, 0.25) is 0 Å². The van der Waals surface area contributed by atoms with Gasteiger partial charge < -0.3 is 9.47 Å². The van der Waals surface area contributed by atoms with E-state index in [0.717, 1.165) is 23.0 Å². The van der Waals surface area contributed by atoms with Gasteiger partial charge in [0.25, 0.3) is 0 Å². The number of carbonyl (C=O) groups excluding carboxylic acids is 2. The van der Waals surface area contributed by atoms with E-state index in [1.807, 2.05) is 35.7 Å². The van der Waals surface area contributed by atoms with Gasteiger partial charge in [-0.25, -0.2) is 9.59 Å². The zero-order valence-corrected chi connectivity index (χ0v) is 17.4. The lowest BCUT2D eigenvalue weighted by Crippen LogP contribution is -2.41. The first-order valence-corrected chi connectivity index (χ1v) is 10.4. The number of ether oxygens (including phenoxy) is 2. The van der Waals surface area contributed by atoms with E-state index < -0.39 is 33.4 Å². The molecule has 0 spiro atoms. The fourth-order valence-corrected chi connectivity index (χ4v) is 2.92. The molecule has 1 unspecified atom stereocenters. The quantitative estimate of drug-likeness (QED) is 0.176. The molecule has 0 bridgehead atoms. The predicted octanol–water partition coefficient (Wildman–Crippen LogP) is -1.04. The number of esters is 2. The van der Waals surface area contributed by atoms with Gasteiger partial charge in [0, 0.05) is 12.2 Å². The van der Waals surface area contributed by atoms with Crippen molar-refractivity contribution in [2.75, 3.05) is 0 Å². The maximum absolute atomic E-state index is 13.4. The van der Waals surface area contributed by atoms with Crippen molar-refractivity contribution >= 4 is 45.6 Å². The minimum absolute atomic E-state index is 0.376. The van der Waals surface area contributed by atoms with E-state index in [1.54, 1.807) is 0 Å². The summed E-state index contributed by atoms with van der Waals surface area (Å²) in [6.45, 7) is 0.591. The Morgan fingerprint density at radius 3 is 2.00 bits per heavy atom. The van der Waals surface area contributed by atoms with Gasteiger partial charge in [-0.05, 0) is 18.1 Å². The van der Waals surface area contributed by atoms with Crippen molar-refractivity contribution in [3.8, 4) is 5.75 Å². The molecule has 0 radical (unpaired) electrons. The van der Waals surface area contributed by atoms with Crippen molar-refractivity contribution in [1.82, 2.24) is 0 Å². The maximum Gasteiger partial charge on any atom is 0.405 e. The van der Waals surface area contributed by atoms with Gasteiger partial charge in [0.1, 0.15) is 29.3 Å². The molecule has 1 aromatic rings. The van der Waals surface area contributed by atoms with E-state index in [0.29, 0.717) is 37.5 Å². The highest BCUT2D eigenvalue weighted by molar-refractivity contribution is 7.86. The molecule has 0 aromatic heterocycles. The summed E-state index contributed by atoms with van der Waals surface area (Å²) in [7, 11) is 0.0308. The summed E-state index contributed by atoms with van der Waals surface area (Å²) < 4.78 is 66.0. The van der Waals surface area contributed by atoms with Gasteiger partial charge >= 0.3 is 27.3 Å². The molecule has 1 atom stereocenters. The summed E-state index contributed by atoms with van der Waals surface area (Å²) in [5.74, 6) is -1.95. The second-order valence-corrected chi connectivity index (χ2v) is 7.67. The van der Waals surface area contributed by atoms with Crippen molar-refractivity contribution in [3.63, 3.8) is 0 Å². The lowest BCUT2D eigenvalue weighted by Gasteiger charge is -2.19. The van der Waals surface area contributed by atoms with Crippen molar-refractivity contribution in [2.45, 2.75) is 37.2 Å².